The predicted molar refractivity (Wildman–Crippen MR) is 71.4 cm³/mol. The summed E-state index contributed by atoms with van der Waals surface area (Å²) >= 11 is 4.91. The van der Waals surface area contributed by atoms with E-state index in [2.05, 4.69) is 77.2 Å². The van der Waals surface area contributed by atoms with Crippen LogP contribution >= 0.6 is 45.2 Å². The van der Waals surface area contributed by atoms with Gasteiger partial charge in [-0.1, -0.05) is 74.5 Å². The van der Waals surface area contributed by atoms with Crippen molar-refractivity contribution >= 4 is 45.2 Å². The standard InChI is InChI=1S/C10H12I2/c1-7-3-8(2)5-9(4-7)6-10(11)12/h3-5,10H,6H2,1-2H3. The molecule has 0 amide bonds. The molecule has 1 aromatic rings. The van der Waals surface area contributed by atoms with E-state index in [1.54, 1.807) is 0 Å². The maximum atomic E-state index is 2.46. The Bertz CT molecular complexity index is 246. The lowest BCUT2D eigenvalue weighted by Gasteiger charge is -2.05. The van der Waals surface area contributed by atoms with Crippen molar-refractivity contribution in [3.05, 3.63) is 34.9 Å². The molecule has 1 rings (SSSR count). The van der Waals surface area contributed by atoms with Gasteiger partial charge < -0.3 is 0 Å². The Morgan fingerprint density at radius 1 is 1.08 bits per heavy atom. The molecule has 66 valence electrons. The van der Waals surface area contributed by atoms with E-state index in [-0.39, 0.29) is 0 Å². The minimum atomic E-state index is 0.696. The van der Waals surface area contributed by atoms with E-state index in [1.807, 2.05) is 0 Å². The number of hydrogen-bond donors (Lipinski definition) is 0. The molecule has 0 fully saturated rings. The summed E-state index contributed by atoms with van der Waals surface area (Å²) in [5.74, 6) is 0. The SMILES string of the molecule is Cc1cc(C)cc(CC(I)I)c1. The van der Waals surface area contributed by atoms with E-state index in [4.69, 9.17) is 0 Å². The topological polar surface area (TPSA) is 0 Å². The van der Waals surface area contributed by atoms with Gasteiger partial charge >= 0.3 is 0 Å². The predicted octanol–water partition coefficient (Wildman–Crippen LogP) is 4.04. The molecule has 0 N–H and O–H groups in total. The summed E-state index contributed by atoms with van der Waals surface area (Å²) in [6.45, 7) is 4.32. The van der Waals surface area contributed by atoms with Gasteiger partial charge in [0.15, 0.2) is 0 Å². The lowest BCUT2D eigenvalue weighted by atomic mass is 10.1. The largest absolute Gasteiger partial charge is 0.0706 e. The second-order valence-electron chi connectivity index (χ2n) is 3.09. The van der Waals surface area contributed by atoms with Gasteiger partial charge in [0.1, 0.15) is 0 Å². The van der Waals surface area contributed by atoms with Crippen LogP contribution in [-0.4, -0.2) is 1.93 Å². The van der Waals surface area contributed by atoms with Gasteiger partial charge in [-0.15, -0.1) is 0 Å². The number of rotatable bonds is 2. The molecular formula is C10H12I2. The lowest BCUT2D eigenvalue weighted by Crippen LogP contribution is -1.93. The fourth-order valence-corrected chi connectivity index (χ4v) is 2.38. The molecule has 0 nitrogen and oxygen atoms in total. The molecule has 0 heterocycles. The van der Waals surface area contributed by atoms with Gasteiger partial charge in [0.2, 0.25) is 0 Å². The molecule has 1 aromatic carbocycles. The third-order valence-corrected chi connectivity index (χ3v) is 2.55. The second kappa shape index (κ2) is 4.79. The van der Waals surface area contributed by atoms with Crippen molar-refractivity contribution in [2.24, 2.45) is 0 Å². The summed E-state index contributed by atoms with van der Waals surface area (Å²) in [6.07, 6.45) is 1.17. The van der Waals surface area contributed by atoms with Crippen LogP contribution in [0.2, 0.25) is 0 Å². The average Bonchev–Trinajstić information content (AvgIpc) is 1.81. The first-order valence-corrected chi connectivity index (χ1v) is 6.42. The first-order chi connectivity index (χ1) is 5.58. The van der Waals surface area contributed by atoms with Crippen LogP contribution in [0.5, 0.6) is 0 Å². The van der Waals surface area contributed by atoms with Crippen molar-refractivity contribution in [3.63, 3.8) is 0 Å². The fourth-order valence-electron chi connectivity index (χ4n) is 1.37. The van der Waals surface area contributed by atoms with Crippen molar-refractivity contribution in [2.75, 3.05) is 0 Å². The van der Waals surface area contributed by atoms with Gasteiger partial charge in [0.05, 0.1) is 1.93 Å². The fraction of sp³-hybridized carbons (Fsp3) is 0.400. The van der Waals surface area contributed by atoms with E-state index < -0.39 is 0 Å². The summed E-state index contributed by atoms with van der Waals surface area (Å²) < 4.78 is 0.696. The molecule has 0 saturated heterocycles. The molecular weight excluding hydrogens is 374 g/mol. The zero-order valence-electron chi connectivity index (χ0n) is 7.27. The second-order valence-corrected chi connectivity index (χ2v) is 8.48. The van der Waals surface area contributed by atoms with Crippen molar-refractivity contribution in [1.29, 1.82) is 0 Å². The van der Waals surface area contributed by atoms with Gasteiger partial charge in [-0.3, -0.25) is 0 Å². The summed E-state index contributed by atoms with van der Waals surface area (Å²) in [7, 11) is 0. The number of halogens is 2. The molecule has 0 saturated carbocycles. The van der Waals surface area contributed by atoms with Gasteiger partial charge in [0, 0.05) is 0 Å². The summed E-state index contributed by atoms with van der Waals surface area (Å²) in [5, 5.41) is 0. The molecule has 0 aliphatic carbocycles. The molecule has 0 aliphatic heterocycles. The highest BCUT2D eigenvalue weighted by Gasteiger charge is 2.00. The molecule has 0 bridgehead atoms. The van der Waals surface area contributed by atoms with Crippen LogP contribution in [0, 0.1) is 13.8 Å². The van der Waals surface area contributed by atoms with E-state index in [1.165, 1.54) is 23.1 Å². The quantitative estimate of drug-likeness (QED) is 0.532. The highest BCUT2D eigenvalue weighted by molar-refractivity contribution is 14.2. The highest BCUT2D eigenvalue weighted by atomic mass is 127. The minimum Gasteiger partial charge on any atom is -0.0706 e. The minimum absolute atomic E-state index is 0.696. The third kappa shape index (κ3) is 3.60. The van der Waals surface area contributed by atoms with Crippen LogP contribution in [0.25, 0.3) is 0 Å². The number of aryl methyl sites for hydroxylation is 2. The molecule has 0 aliphatic rings. The van der Waals surface area contributed by atoms with Crippen LogP contribution in [0.1, 0.15) is 16.7 Å². The Hall–Kier alpha value is 0.680. The summed E-state index contributed by atoms with van der Waals surface area (Å²) in [4.78, 5) is 0. The van der Waals surface area contributed by atoms with E-state index in [0.29, 0.717) is 1.93 Å². The zero-order chi connectivity index (χ0) is 9.14. The smallest absolute Gasteiger partial charge is 0.0666 e. The third-order valence-electron chi connectivity index (χ3n) is 1.67. The Morgan fingerprint density at radius 3 is 2.00 bits per heavy atom. The van der Waals surface area contributed by atoms with Gasteiger partial charge in [-0.2, -0.15) is 0 Å². The molecule has 0 spiro atoms. The maximum absolute atomic E-state index is 2.46. The van der Waals surface area contributed by atoms with E-state index in [0.717, 1.165) is 0 Å². The van der Waals surface area contributed by atoms with E-state index >= 15 is 0 Å². The molecule has 2 heteroatoms. The molecule has 0 unspecified atom stereocenters. The first kappa shape index (κ1) is 10.8. The first-order valence-electron chi connectivity index (χ1n) is 3.93. The Kier molecular flexibility index (Phi) is 4.29. The number of benzene rings is 1. The van der Waals surface area contributed by atoms with Gasteiger partial charge in [0.25, 0.3) is 0 Å². The van der Waals surface area contributed by atoms with Crippen LogP contribution in [0.3, 0.4) is 0 Å². The Balaban J connectivity index is 2.85. The Labute approximate surface area is 101 Å². The Morgan fingerprint density at radius 2 is 1.58 bits per heavy atom. The molecule has 12 heavy (non-hydrogen) atoms. The highest BCUT2D eigenvalue weighted by Crippen LogP contribution is 2.18. The molecule has 0 radical (unpaired) electrons. The van der Waals surface area contributed by atoms with Crippen molar-refractivity contribution < 1.29 is 0 Å². The number of hydrogen-bond acceptors (Lipinski definition) is 0. The average molecular weight is 386 g/mol. The van der Waals surface area contributed by atoms with Gasteiger partial charge in [-0.05, 0) is 25.8 Å². The number of alkyl halides is 2. The normalized spacial score (nSPS) is 10.8. The van der Waals surface area contributed by atoms with Crippen LogP contribution in [-0.2, 0) is 6.42 Å². The summed E-state index contributed by atoms with van der Waals surface area (Å²) in [6, 6.07) is 6.77. The zero-order valence-corrected chi connectivity index (χ0v) is 11.6. The monoisotopic (exact) mass is 386 g/mol. The molecule has 0 aromatic heterocycles. The lowest BCUT2D eigenvalue weighted by molar-refractivity contribution is 1.14. The maximum Gasteiger partial charge on any atom is 0.0666 e. The van der Waals surface area contributed by atoms with Crippen LogP contribution in [0.4, 0.5) is 0 Å². The van der Waals surface area contributed by atoms with E-state index in [9.17, 15) is 0 Å². The van der Waals surface area contributed by atoms with Crippen LogP contribution < -0.4 is 0 Å². The van der Waals surface area contributed by atoms with Crippen LogP contribution in [0.15, 0.2) is 18.2 Å². The van der Waals surface area contributed by atoms with Crippen molar-refractivity contribution in [2.45, 2.75) is 22.2 Å². The molecule has 0 atom stereocenters. The van der Waals surface area contributed by atoms with Crippen molar-refractivity contribution in [3.8, 4) is 0 Å². The summed E-state index contributed by atoms with van der Waals surface area (Å²) in [5.41, 5.74) is 4.21. The van der Waals surface area contributed by atoms with Gasteiger partial charge in [-0.25, -0.2) is 0 Å². The van der Waals surface area contributed by atoms with Crippen molar-refractivity contribution in [1.82, 2.24) is 0 Å².